The Labute approximate surface area is 172 Å². The highest BCUT2D eigenvalue weighted by atomic mass is 35.5. The van der Waals surface area contributed by atoms with Gasteiger partial charge in [-0.1, -0.05) is 65.7 Å². The second-order valence-corrected chi connectivity index (χ2v) is 7.94. The lowest BCUT2D eigenvalue weighted by Gasteiger charge is -2.36. The standard InChI is InChI=1S/C21H17Cl2NO4/c22-13-8-9-16(17(23)12-13)21(10-4-1-5-11-21)20(27)28-24-18(25)14-6-2-3-7-15(14)19(24)26/h2-3,6-9,12H,1,4-5,10-11H2. The van der Waals surface area contributed by atoms with E-state index >= 15 is 0 Å². The maximum absolute atomic E-state index is 13.3. The van der Waals surface area contributed by atoms with Gasteiger partial charge in [0.2, 0.25) is 0 Å². The van der Waals surface area contributed by atoms with Crippen LogP contribution < -0.4 is 0 Å². The molecule has 144 valence electrons. The lowest BCUT2D eigenvalue weighted by molar-refractivity contribution is -0.177. The first-order valence-electron chi connectivity index (χ1n) is 9.10. The highest BCUT2D eigenvalue weighted by Gasteiger charge is 2.48. The predicted molar refractivity (Wildman–Crippen MR) is 104 cm³/mol. The van der Waals surface area contributed by atoms with E-state index in [-0.39, 0.29) is 11.1 Å². The minimum Gasteiger partial charge on any atom is -0.329 e. The van der Waals surface area contributed by atoms with E-state index in [2.05, 4.69) is 0 Å². The topological polar surface area (TPSA) is 63.7 Å². The summed E-state index contributed by atoms with van der Waals surface area (Å²) in [5, 5.41) is 1.40. The molecule has 0 radical (unpaired) electrons. The number of hydrogen-bond acceptors (Lipinski definition) is 4. The first-order valence-corrected chi connectivity index (χ1v) is 9.85. The van der Waals surface area contributed by atoms with Gasteiger partial charge in [0.25, 0.3) is 11.8 Å². The molecule has 1 aliphatic carbocycles. The number of nitrogens with zero attached hydrogens (tertiary/aromatic N) is 1. The third-order valence-corrected chi connectivity index (χ3v) is 6.02. The van der Waals surface area contributed by atoms with E-state index in [9.17, 15) is 14.4 Å². The number of carbonyl (C=O) groups excluding carboxylic acids is 3. The predicted octanol–water partition coefficient (Wildman–Crippen LogP) is 4.95. The Hall–Kier alpha value is -2.37. The Bertz CT molecular complexity index is 947. The maximum Gasteiger partial charge on any atom is 0.343 e. The van der Waals surface area contributed by atoms with Crippen LogP contribution in [0.1, 0.15) is 58.4 Å². The van der Waals surface area contributed by atoms with E-state index in [1.807, 2.05) is 0 Å². The van der Waals surface area contributed by atoms with Crippen molar-refractivity contribution in [3.05, 3.63) is 69.2 Å². The largest absolute Gasteiger partial charge is 0.343 e. The van der Waals surface area contributed by atoms with Crippen molar-refractivity contribution in [2.45, 2.75) is 37.5 Å². The van der Waals surface area contributed by atoms with E-state index < -0.39 is 23.2 Å². The number of fused-ring (bicyclic) bond motifs is 1. The number of imide groups is 1. The van der Waals surface area contributed by atoms with Crippen molar-refractivity contribution >= 4 is 41.0 Å². The molecule has 5 nitrogen and oxygen atoms in total. The Morgan fingerprint density at radius 2 is 1.54 bits per heavy atom. The van der Waals surface area contributed by atoms with E-state index in [1.165, 1.54) is 12.1 Å². The number of rotatable bonds is 3. The highest BCUT2D eigenvalue weighted by Crippen LogP contribution is 2.44. The molecule has 2 aromatic carbocycles. The quantitative estimate of drug-likeness (QED) is 0.662. The Balaban J connectivity index is 1.68. The first kappa shape index (κ1) is 19.0. The van der Waals surface area contributed by atoms with E-state index in [0.29, 0.717) is 33.5 Å². The lowest BCUT2D eigenvalue weighted by atomic mass is 9.69. The van der Waals surface area contributed by atoms with E-state index in [0.717, 1.165) is 19.3 Å². The second-order valence-electron chi connectivity index (χ2n) is 7.10. The van der Waals surface area contributed by atoms with Crippen molar-refractivity contribution in [1.29, 1.82) is 0 Å². The second kappa shape index (κ2) is 7.22. The fourth-order valence-corrected chi connectivity index (χ4v) is 4.63. The van der Waals surface area contributed by atoms with Gasteiger partial charge in [0, 0.05) is 10.0 Å². The summed E-state index contributed by atoms with van der Waals surface area (Å²) in [5.74, 6) is -1.92. The van der Waals surface area contributed by atoms with Gasteiger partial charge in [-0.25, -0.2) is 4.79 Å². The lowest BCUT2D eigenvalue weighted by Crippen LogP contribution is -2.44. The molecule has 0 spiro atoms. The SMILES string of the molecule is O=C1c2ccccc2C(=O)N1OC(=O)C1(c2ccc(Cl)cc2Cl)CCCCC1. The van der Waals surface area contributed by atoms with Crippen LogP contribution in [0.25, 0.3) is 0 Å². The Morgan fingerprint density at radius 3 is 2.11 bits per heavy atom. The van der Waals surface area contributed by atoms with Crippen LogP contribution in [0, 0.1) is 0 Å². The van der Waals surface area contributed by atoms with Crippen molar-refractivity contribution in [3.63, 3.8) is 0 Å². The van der Waals surface area contributed by atoms with Crippen molar-refractivity contribution in [3.8, 4) is 0 Å². The molecule has 4 rings (SSSR count). The molecule has 1 saturated carbocycles. The van der Waals surface area contributed by atoms with Crippen molar-refractivity contribution in [2.75, 3.05) is 0 Å². The summed E-state index contributed by atoms with van der Waals surface area (Å²) in [6, 6.07) is 11.4. The minimum atomic E-state index is -1.02. The molecule has 0 atom stereocenters. The molecule has 0 bridgehead atoms. The molecule has 0 aromatic heterocycles. The van der Waals surface area contributed by atoms with Crippen molar-refractivity contribution in [2.24, 2.45) is 0 Å². The van der Waals surface area contributed by atoms with Crippen LogP contribution in [0.3, 0.4) is 0 Å². The van der Waals surface area contributed by atoms with Crippen LogP contribution >= 0.6 is 23.2 Å². The molecular formula is C21H17Cl2NO4. The molecule has 7 heteroatoms. The van der Waals surface area contributed by atoms with Gasteiger partial charge in [-0.15, -0.1) is 0 Å². The van der Waals surface area contributed by atoms with E-state index in [4.69, 9.17) is 28.0 Å². The van der Waals surface area contributed by atoms with Crippen LogP contribution in [-0.4, -0.2) is 22.8 Å². The summed E-state index contributed by atoms with van der Waals surface area (Å²) >= 11 is 12.4. The van der Waals surface area contributed by atoms with Gasteiger partial charge in [-0.2, -0.15) is 0 Å². The fourth-order valence-electron chi connectivity index (χ4n) is 4.04. The molecule has 2 amide bonds. The summed E-state index contributed by atoms with van der Waals surface area (Å²) in [4.78, 5) is 43.8. The average Bonchev–Trinajstić information content (AvgIpc) is 2.93. The summed E-state index contributed by atoms with van der Waals surface area (Å²) in [6.07, 6.45) is 3.67. The van der Waals surface area contributed by atoms with Gasteiger partial charge in [-0.3, -0.25) is 9.59 Å². The van der Waals surface area contributed by atoms with Gasteiger partial charge in [-0.05, 0) is 42.7 Å². The normalized spacial score (nSPS) is 18.1. The van der Waals surface area contributed by atoms with E-state index in [1.54, 1.807) is 30.3 Å². The van der Waals surface area contributed by atoms with Gasteiger partial charge in [0.1, 0.15) is 0 Å². The molecule has 0 unspecified atom stereocenters. The number of hydroxylamine groups is 2. The molecular weight excluding hydrogens is 401 g/mol. The molecule has 1 heterocycles. The molecule has 1 fully saturated rings. The van der Waals surface area contributed by atoms with Crippen LogP contribution in [0.5, 0.6) is 0 Å². The molecule has 0 N–H and O–H groups in total. The van der Waals surface area contributed by atoms with Gasteiger partial charge < -0.3 is 4.84 Å². The number of carbonyl (C=O) groups is 3. The Morgan fingerprint density at radius 1 is 0.929 bits per heavy atom. The van der Waals surface area contributed by atoms with Crippen molar-refractivity contribution in [1.82, 2.24) is 5.06 Å². The van der Waals surface area contributed by atoms with Crippen LogP contribution in [-0.2, 0) is 15.0 Å². The van der Waals surface area contributed by atoms with Gasteiger partial charge in [0.15, 0.2) is 0 Å². The maximum atomic E-state index is 13.3. The summed E-state index contributed by atoms with van der Waals surface area (Å²) in [7, 11) is 0. The Kier molecular flexibility index (Phi) is 4.89. The molecule has 1 aliphatic heterocycles. The zero-order chi connectivity index (χ0) is 19.9. The fraction of sp³-hybridized carbons (Fsp3) is 0.286. The summed E-state index contributed by atoms with van der Waals surface area (Å²) in [6.45, 7) is 0. The van der Waals surface area contributed by atoms with Gasteiger partial charge in [0.05, 0.1) is 16.5 Å². The summed E-state index contributed by atoms with van der Waals surface area (Å²) in [5.41, 5.74) is 0.0415. The monoisotopic (exact) mass is 417 g/mol. The zero-order valence-electron chi connectivity index (χ0n) is 14.9. The molecule has 2 aliphatic rings. The molecule has 0 saturated heterocycles. The third-order valence-electron chi connectivity index (χ3n) is 5.48. The molecule has 2 aromatic rings. The number of benzene rings is 2. The van der Waals surface area contributed by atoms with Crippen LogP contribution in [0.15, 0.2) is 42.5 Å². The molecule has 28 heavy (non-hydrogen) atoms. The van der Waals surface area contributed by atoms with Crippen LogP contribution in [0.4, 0.5) is 0 Å². The summed E-state index contributed by atoms with van der Waals surface area (Å²) < 4.78 is 0. The average molecular weight is 418 g/mol. The van der Waals surface area contributed by atoms with Gasteiger partial charge >= 0.3 is 5.97 Å². The highest BCUT2D eigenvalue weighted by molar-refractivity contribution is 6.35. The van der Waals surface area contributed by atoms with Crippen LogP contribution in [0.2, 0.25) is 10.0 Å². The smallest absolute Gasteiger partial charge is 0.329 e. The number of hydrogen-bond donors (Lipinski definition) is 0. The minimum absolute atomic E-state index is 0.225. The number of amides is 2. The first-order chi connectivity index (χ1) is 13.4. The zero-order valence-corrected chi connectivity index (χ0v) is 16.4. The number of halogens is 2. The third kappa shape index (κ3) is 2.99. The van der Waals surface area contributed by atoms with Crippen molar-refractivity contribution < 1.29 is 19.2 Å².